The summed E-state index contributed by atoms with van der Waals surface area (Å²) in [6.45, 7) is 8.34. The quantitative estimate of drug-likeness (QED) is 0.604. The fraction of sp³-hybridized carbons (Fsp3) is 0.565. The van der Waals surface area contributed by atoms with Crippen molar-refractivity contribution in [2.24, 2.45) is 0 Å². The Balaban J connectivity index is 1.29. The third kappa shape index (κ3) is 4.21. The Labute approximate surface area is 186 Å². The summed E-state index contributed by atoms with van der Waals surface area (Å²) in [5, 5.41) is 9.89. The van der Waals surface area contributed by atoms with E-state index in [0.29, 0.717) is 31.4 Å². The molecule has 170 valence electrons. The van der Waals surface area contributed by atoms with Crippen LogP contribution in [0.15, 0.2) is 28.9 Å². The second kappa shape index (κ2) is 8.20. The number of benzene rings is 1. The first kappa shape index (κ1) is 20.9. The Hall–Kier alpha value is -2.94. The fourth-order valence-corrected chi connectivity index (χ4v) is 4.34. The molecule has 0 unspecified atom stereocenters. The van der Waals surface area contributed by atoms with Gasteiger partial charge in [-0.3, -0.25) is 4.68 Å². The highest BCUT2D eigenvalue weighted by molar-refractivity contribution is 5.83. The smallest absolute Gasteiger partial charge is 0.410 e. The van der Waals surface area contributed by atoms with E-state index in [1.54, 1.807) is 4.90 Å². The van der Waals surface area contributed by atoms with E-state index >= 15 is 0 Å². The molecule has 9 heteroatoms. The molecule has 2 aromatic heterocycles. The largest absolute Gasteiger partial charge is 0.444 e. The van der Waals surface area contributed by atoms with E-state index in [1.807, 2.05) is 43.8 Å². The zero-order valence-electron chi connectivity index (χ0n) is 18.8. The Morgan fingerprint density at radius 3 is 2.72 bits per heavy atom. The van der Waals surface area contributed by atoms with E-state index in [-0.39, 0.29) is 18.1 Å². The number of fused-ring (bicyclic) bond motifs is 1. The highest BCUT2D eigenvalue weighted by atomic mass is 16.6. The standard InChI is InChI=1S/C23H29N5O4/c1-23(2,3)31-22(29)27-9-6-15(7-10-27)20-25-21(32-26-20)16-4-5-17-13-24-28(19(17)12-16)18-8-11-30-14-18/h4-5,12-13,15,18H,6-11,14H2,1-3H3/t18-/m1/s1. The Morgan fingerprint density at radius 2 is 2.00 bits per heavy atom. The van der Waals surface area contributed by atoms with Gasteiger partial charge in [0.05, 0.1) is 24.4 Å². The lowest BCUT2D eigenvalue weighted by Gasteiger charge is -2.32. The Morgan fingerprint density at radius 1 is 1.19 bits per heavy atom. The predicted molar refractivity (Wildman–Crippen MR) is 117 cm³/mol. The van der Waals surface area contributed by atoms with Crippen LogP contribution >= 0.6 is 0 Å². The number of carbonyl (C=O) groups excluding carboxylic acids is 1. The molecule has 0 saturated carbocycles. The van der Waals surface area contributed by atoms with E-state index in [4.69, 9.17) is 14.0 Å². The van der Waals surface area contributed by atoms with Gasteiger partial charge in [0.2, 0.25) is 0 Å². The first-order valence-corrected chi connectivity index (χ1v) is 11.2. The molecule has 1 amide bonds. The van der Waals surface area contributed by atoms with Gasteiger partial charge in [-0.2, -0.15) is 10.1 Å². The van der Waals surface area contributed by atoms with Crippen molar-refractivity contribution in [3.05, 3.63) is 30.2 Å². The van der Waals surface area contributed by atoms with Gasteiger partial charge in [-0.15, -0.1) is 0 Å². The highest BCUT2D eigenvalue weighted by Crippen LogP contribution is 2.31. The number of hydrogen-bond acceptors (Lipinski definition) is 7. The van der Waals surface area contributed by atoms with Gasteiger partial charge in [-0.05, 0) is 52.2 Å². The maximum absolute atomic E-state index is 12.3. The molecule has 1 atom stereocenters. The maximum atomic E-state index is 12.3. The second-order valence-electron chi connectivity index (χ2n) is 9.58. The summed E-state index contributed by atoms with van der Waals surface area (Å²) in [6, 6.07) is 6.34. The maximum Gasteiger partial charge on any atom is 0.410 e. The molecule has 4 heterocycles. The number of ether oxygens (including phenoxy) is 2. The van der Waals surface area contributed by atoms with Crippen LogP contribution in [-0.4, -0.2) is 62.8 Å². The molecule has 2 aliphatic heterocycles. The molecule has 0 aliphatic carbocycles. The normalized spacial score (nSPS) is 20.2. The van der Waals surface area contributed by atoms with Crippen LogP contribution in [0.4, 0.5) is 4.79 Å². The van der Waals surface area contributed by atoms with E-state index < -0.39 is 5.60 Å². The van der Waals surface area contributed by atoms with Crippen LogP contribution in [0.5, 0.6) is 0 Å². The minimum atomic E-state index is -0.488. The number of aromatic nitrogens is 4. The number of likely N-dealkylation sites (tertiary alicyclic amines) is 1. The minimum Gasteiger partial charge on any atom is -0.444 e. The molecule has 1 aromatic carbocycles. The van der Waals surface area contributed by atoms with Crippen molar-refractivity contribution in [2.75, 3.05) is 26.3 Å². The van der Waals surface area contributed by atoms with E-state index in [0.717, 1.165) is 42.3 Å². The predicted octanol–water partition coefficient (Wildman–Crippen LogP) is 4.16. The van der Waals surface area contributed by atoms with E-state index in [1.165, 1.54) is 0 Å². The summed E-state index contributed by atoms with van der Waals surface area (Å²) in [4.78, 5) is 18.7. The summed E-state index contributed by atoms with van der Waals surface area (Å²) in [7, 11) is 0. The highest BCUT2D eigenvalue weighted by Gasteiger charge is 2.30. The van der Waals surface area contributed by atoms with Crippen LogP contribution < -0.4 is 0 Å². The van der Waals surface area contributed by atoms with E-state index in [2.05, 4.69) is 21.3 Å². The first-order valence-electron chi connectivity index (χ1n) is 11.2. The molecule has 2 fully saturated rings. The molecule has 5 rings (SSSR count). The number of piperidine rings is 1. The zero-order chi connectivity index (χ0) is 22.3. The topological polar surface area (TPSA) is 95.5 Å². The lowest BCUT2D eigenvalue weighted by atomic mass is 9.96. The summed E-state index contributed by atoms with van der Waals surface area (Å²) in [5.74, 6) is 1.37. The number of carbonyl (C=O) groups is 1. The lowest BCUT2D eigenvalue weighted by molar-refractivity contribution is 0.0203. The van der Waals surface area contributed by atoms with Crippen molar-refractivity contribution < 1.29 is 18.8 Å². The molecule has 0 N–H and O–H groups in total. The van der Waals surface area contributed by atoms with Gasteiger partial charge in [0.25, 0.3) is 5.89 Å². The fourth-order valence-electron chi connectivity index (χ4n) is 4.34. The lowest BCUT2D eigenvalue weighted by Crippen LogP contribution is -2.41. The molecule has 2 saturated heterocycles. The SMILES string of the molecule is CC(C)(C)OC(=O)N1CCC(c2noc(-c3ccc4cnn([C@@H]5CCOC5)c4c3)n2)CC1. The molecular formula is C23H29N5O4. The van der Waals surface area contributed by atoms with Crippen LogP contribution in [0, 0.1) is 0 Å². The van der Waals surface area contributed by atoms with Gasteiger partial charge in [-0.25, -0.2) is 4.79 Å². The van der Waals surface area contributed by atoms with Crippen LogP contribution in [-0.2, 0) is 9.47 Å². The minimum absolute atomic E-state index is 0.163. The van der Waals surface area contributed by atoms with Gasteiger partial charge in [0.15, 0.2) is 5.82 Å². The summed E-state index contributed by atoms with van der Waals surface area (Å²) in [5.41, 5.74) is 1.43. The van der Waals surface area contributed by atoms with Crippen LogP contribution in [0.1, 0.15) is 57.8 Å². The van der Waals surface area contributed by atoms with Gasteiger partial charge in [-0.1, -0.05) is 11.2 Å². The third-order valence-corrected chi connectivity index (χ3v) is 6.05. The number of amides is 1. The molecule has 9 nitrogen and oxygen atoms in total. The first-order chi connectivity index (χ1) is 15.4. The van der Waals surface area contributed by atoms with Gasteiger partial charge < -0.3 is 18.9 Å². The Kier molecular flexibility index (Phi) is 5.36. The van der Waals surface area contributed by atoms with Gasteiger partial charge >= 0.3 is 6.09 Å². The van der Waals surface area contributed by atoms with Crippen molar-refractivity contribution in [3.63, 3.8) is 0 Å². The zero-order valence-corrected chi connectivity index (χ0v) is 18.8. The van der Waals surface area contributed by atoms with Crippen molar-refractivity contribution in [2.45, 2.75) is 57.6 Å². The van der Waals surface area contributed by atoms with Crippen LogP contribution in [0.2, 0.25) is 0 Å². The summed E-state index contributed by atoms with van der Waals surface area (Å²) in [6.07, 6.45) is 4.16. The third-order valence-electron chi connectivity index (χ3n) is 6.05. The van der Waals surface area contributed by atoms with Crippen LogP contribution in [0.3, 0.4) is 0 Å². The average Bonchev–Trinajstić information content (AvgIpc) is 3.52. The molecule has 0 bridgehead atoms. The monoisotopic (exact) mass is 439 g/mol. The van der Waals surface area contributed by atoms with Crippen molar-refractivity contribution >= 4 is 17.0 Å². The molecule has 0 spiro atoms. The number of hydrogen-bond donors (Lipinski definition) is 0. The molecular weight excluding hydrogens is 410 g/mol. The average molecular weight is 440 g/mol. The summed E-state index contributed by atoms with van der Waals surface area (Å²) >= 11 is 0. The molecule has 0 radical (unpaired) electrons. The number of nitrogens with zero attached hydrogens (tertiary/aromatic N) is 5. The molecule has 3 aromatic rings. The second-order valence-corrected chi connectivity index (χ2v) is 9.58. The molecule has 32 heavy (non-hydrogen) atoms. The van der Waals surface area contributed by atoms with Crippen molar-refractivity contribution in [1.29, 1.82) is 0 Å². The van der Waals surface area contributed by atoms with Crippen molar-refractivity contribution in [1.82, 2.24) is 24.8 Å². The van der Waals surface area contributed by atoms with Gasteiger partial charge in [0.1, 0.15) is 5.60 Å². The number of rotatable bonds is 3. The molecule has 2 aliphatic rings. The summed E-state index contributed by atoms with van der Waals surface area (Å²) < 4.78 is 18.7. The Bertz CT molecular complexity index is 1100. The van der Waals surface area contributed by atoms with Crippen molar-refractivity contribution in [3.8, 4) is 11.5 Å². The van der Waals surface area contributed by atoms with Crippen LogP contribution in [0.25, 0.3) is 22.4 Å². The van der Waals surface area contributed by atoms with Gasteiger partial charge in [0, 0.05) is 36.6 Å². The van der Waals surface area contributed by atoms with E-state index in [9.17, 15) is 4.79 Å².